The molecule has 1 aromatic rings. The van der Waals surface area contributed by atoms with Gasteiger partial charge >= 0.3 is 0 Å². The maximum Gasteiger partial charge on any atom is 0.123 e. The van der Waals surface area contributed by atoms with E-state index in [9.17, 15) is 21.2 Å². The highest BCUT2D eigenvalue weighted by atomic mass is 32.3. The zero-order valence-electron chi connectivity index (χ0n) is 7.58. The third-order valence-corrected chi connectivity index (χ3v) is 4.08. The fourth-order valence-corrected chi connectivity index (χ4v) is 3.08. The van der Waals surface area contributed by atoms with Crippen LogP contribution >= 0.6 is 0 Å². The van der Waals surface area contributed by atoms with Gasteiger partial charge in [-0.2, -0.15) is 0 Å². The fraction of sp³-hybridized carbons (Fsp3) is 0.143. The minimum Gasteiger partial charge on any atom is -0.432 e. The van der Waals surface area contributed by atoms with E-state index in [0.717, 1.165) is 24.3 Å². The number of rotatable bonds is 3. The van der Waals surface area contributed by atoms with Crippen molar-refractivity contribution in [2.45, 2.75) is 4.90 Å². The third-order valence-electron chi connectivity index (χ3n) is 1.35. The van der Waals surface area contributed by atoms with Crippen molar-refractivity contribution in [3.8, 4) is 0 Å². The number of hydrogen-bond acceptors (Lipinski definition) is 4. The number of benzene rings is 1. The Morgan fingerprint density at radius 2 is 1.53 bits per heavy atom. The van der Waals surface area contributed by atoms with Crippen LogP contribution in [-0.4, -0.2) is 23.1 Å². The highest BCUT2D eigenvalue weighted by Crippen LogP contribution is 2.19. The van der Waals surface area contributed by atoms with Gasteiger partial charge in [0.2, 0.25) is 0 Å². The van der Waals surface area contributed by atoms with Crippen LogP contribution in [0.15, 0.2) is 29.2 Å². The van der Waals surface area contributed by atoms with Crippen LogP contribution < -0.4 is 0 Å². The van der Waals surface area contributed by atoms with Crippen LogP contribution in [0.1, 0.15) is 0 Å². The first-order valence-corrected chi connectivity index (χ1v) is 6.94. The van der Waals surface area contributed by atoms with Crippen LogP contribution in [-0.2, 0) is 20.0 Å². The minimum atomic E-state index is -4.26. The second kappa shape index (κ2) is 3.87. The van der Waals surface area contributed by atoms with Crippen LogP contribution in [0, 0.1) is 5.82 Å². The van der Waals surface area contributed by atoms with Gasteiger partial charge in [0, 0.05) is 11.2 Å². The molecular formula is C7H7FNO4S2-. The molecule has 0 heterocycles. The van der Waals surface area contributed by atoms with Crippen molar-refractivity contribution in [1.29, 1.82) is 0 Å². The van der Waals surface area contributed by atoms with E-state index in [4.69, 9.17) is 0 Å². The minimum absolute atomic E-state index is 0.366. The van der Waals surface area contributed by atoms with Gasteiger partial charge in [-0.25, -0.2) is 21.2 Å². The van der Waals surface area contributed by atoms with Gasteiger partial charge in [0.1, 0.15) is 15.8 Å². The summed E-state index contributed by atoms with van der Waals surface area (Å²) >= 11 is 0. The summed E-state index contributed by atoms with van der Waals surface area (Å²) in [6, 6.07) is 3.70. The van der Waals surface area contributed by atoms with Crippen molar-refractivity contribution in [1.82, 2.24) is 0 Å². The predicted molar refractivity (Wildman–Crippen MR) is 51.8 cm³/mol. The van der Waals surface area contributed by atoms with Gasteiger partial charge in [0.25, 0.3) is 0 Å². The average Bonchev–Trinajstić information content (AvgIpc) is 2.00. The van der Waals surface area contributed by atoms with Gasteiger partial charge < -0.3 is 4.13 Å². The average molecular weight is 252 g/mol. The molecule has 1 rings (SSSR count). The Labute approximate surface area is 87.0 Å². The molecule has 0 unspecified atom stereocenters. The molecule has 8 heteroatoms. The summed E-state index contributed by atoms with van der Waals surface area (Å²) in [5, 5.41) is 0. The second-order valence-corrected chi connectivity index (χ2v) is 6.22. The van der Waals surface area contributed by atoms with Crippen molar-refractivity contribution in [3.63, 3.8) is 0 Å². The molecular weight excluding hydrogens is 245 g/mol. The molecule has 0 fully saturated rings. The van der Waals surface area contributed by atoms with E-state index in [1.807, 2.05) is 0 Å². The first-order chi connectivity index (χ1) is 6.71. The second-order valence-electron chi connectivity index (χ2n) is 2.74. The maximum atomic E-state index is 12.5. The van der Waals surface area contributed by atoms with Gasteiger partial charge in [-0.3, -0.25) is 0 Å². The van der Waals surface area contributed by atoms with Crippen molar-refractivity contribution in [2.24, 2.45) is 0 Å². The molecule has 0 amide bonds. The largest absolute Gasteiger partial charge is 0.432 e. The smallest absolute Gasteiger partial charge is 0.123 e. The Kier molecular flexibility index (Phi) is 3.12. The first-order valence-electron chi connectivity index (χ1n) is 3.65. The molecule has 0 aliphatic rings. The molecule has 0 aromatic heterocycles. The topological polar surface area (TPSA) is 82.4 Å². The molecule has 1 aromatic carbocycles. The maximum absolute atomic E-state index is 12.5. The van der Waals surface area contributed by atoms with E-state index in [0.29, 0.717) is 6.26 Å². The molecule has 0 spiro atoms. The summed E-state index contributed by atoms with van der Waals surface area (Å²) in [6.45, 7) is 0. The molecule has 84 valence electrons. The summed E-state index contributed by atoms with van der Waals surface area (Å²) in [6.07, 6.45) is 0.661. The highest BCUT2D eigenvalue weighted by molar-refractivity contribution is 8.11. The van der Waals surface area contributed by atoms with E-state index >= 15 is 0 Å². The highest BCUT2D eigenvalue weighted by Gasteiger charge is 2.07. The molecule has 0 N–H and O–H groups in total. The predicted octanol–water partition coefficient (Wildman–Crippen LogP) is 0.848. The van der Waals surface area contributed by atoms with Gasteiger partial charge in [0.05, 0.1) is 10.0 Å². The zero-order chi connectivity index (χ0) is 11.7. The quantitative estimate of drug-likeness (QED) is 0.798. The molecule has 0 bridgehead atoms. The summed E-state index contributed by atoms with van der Waals surface area (Å²) in [7, 11) is -8.26. The van der Waals surface area contributed by atoms with E-state index in [1.165, 1.54) is 0 Å². The molecule has 0 saturated heterocycles. The lowest BCUT2D eigenvalue weighted by atomic mass is 10.4. The Morgan fingerprint density at radius 1 is 1.07 bits per heavy atom. The lowest BCUT2D eigenvalue weighted by Crippen LogP contribution is -2.05. The summed E-state index contributed by atoms with van der Waals surface area (Å²) in [4.78, 5) is -0.366. The van der Waals surface area contributed by atoms with Crippen molar-refractivity contribution < 1.29 is 21.2 Å². The number of nitrogens with zero attached hydrogens (tertiary/aromatic N) is 1. The van der Waals surface area contributed by atoms with Crippen LogP contribution in [0.4, 0.5) is 4.39 Å². The molecule has 0 radical (unpaired) electrons. The van der Waals surface area contributed by atoms with Crippen LogP contribution in [0.5, 0.6) is 0 Å². The molecule has 5 nitrogen and oxygen atoms in total. The van der Waals surface area contributed by atoms with Crippen molar-refractivity contribution in [2.75, 3.05) is 6.26 Å². The summed E-state index contributed by atoms with van der Waals surface area (Å²) in [5.41, 5.74) is 0. The number of halogens is 1. The number of hydrogen-bond donors (Lipinski definition) is 0. The SMILES string of the molecule is CS(=O)(=O)[N-]S(=O)(=O)c1ccc(F)cc1. The summed E-state index contributed by atoms with van der Waals surface area (Å²) < 4.78 is 59.0. The van der Waals surface area contributed by atoms with Crippen molar-refractivity contribution >= 4 is 20.0 Å². The van der Waals surface area contributed by atoms with E-state index < -0.39 is 25.9 Å². The lowest BCUT2D eigenvalue weighted by Gasteiger charge is -2.17. The zero-order valence-corrected chi connectivity index (χ0v) is 9.22. The van der Waals surface area contributed by atoms with Gasteiger partial charge in [0.15, 0.2) is 0 Å². The standard InChI is InChI=1S/C7H7FNO4S2/c1-14(10,11)9-15(12,13)7-4-2-6(8)3-5-7/h2-5H,1H3/q-1. The van der Waals surface area contributed by atoms with E-state index in [1.54, 1.807) is 0 Å². The molecule has 0 aliphatic heterocycles. The Balaban J connectivity index is 3.13. The van der Waals surface area contributed by atoms with Crippen molar-refractivity contribution in [3.05, 3.63) is 34.2 Å². The van der Waals surface area contributed by atoms with Gasteiger partial charge in [-0.05, 0) is 24.3 Å². The van der Waals surface area contributed by atoms with E-state index in [-0.39, 0.29) is 4.90 Å². The molecule has 0 atom stereocenters. The number of sulfonamides is 2. The molecule has 0 aliphatic carbocycles. The summed E-state index contributed by atoms with van der Waals surface area (Å²) in [5.74, 6) is -0.617. The molecule has 15 heavy (non-hydrogen) atoms. The fourth-order valence-electron chi connectivity index (χ4n) is 0.828. The van der Waals surface area contributed by atoms with Crippen LogP contribution in [0.25, 0.3) is 4.13 Å². The monoisotopic (exact) mass is 252 g/mol. The van der Waals surface area contributed by atoms with E-state index in [2.05, 4.69) is 4.13 Å². The normalized spacial score (nSPS) is 12.7. The van der Waals surface area contributed by atoms with Crippen LogP contribution in [0.3, 0.4) is 0 Å². The third kappa shape index (κ3) is 3.57. The molecule has 0 saturated carbocycles. The Hall–Kier alpha value is -0.990. The lowest BCUT2D eigenvalue weighted by molar-refractivity contribution is 0.597. The first kappa shape index (κ1) is 12.1. The van der Waals surface area contributed by atoms with Gasteiger partial charge in [-0.1, -0.05) is 0 Å². The Morgan fingerprint density at radius 3 is 1.93 bits per heavy atom. The van der Waals surface area contributed by atoms with Crippen LogP contribution in [0.2, 0.25) is 0 Å². The Bertz CT molecular complexity index is 547. The van der Waals surface area contributed by atoms with Gasteiger partial charge in [-0.15, -0.1) is 0 Å².